The lowest BCUT2D eigenvalue weighted by atomic mass is 10.1. The molecule has 0 unspecified atom stereocenters. The molecule has 7 heteroatoms. The van der Waals surface area contributed by atoms with Gasteiger partial charge in [0, 0.05) is 5.69 Å². The largest absolute Gasteiger partial charge is 0.343 e. The van der Waals surface area contributed by atoms with Crippen molar-refractivity contribution in [1.29, 1.82) is 0 Å². The first-order valence-electron chi connectivity index (χ1n) is 7.23. The number of amides is 2. The average molecular weight is 369 g/mol. The number of aryl methyl sites for hydroxylation is 1. The van der Waals surface area contributed by atoms with Gasteiger partial charge in [0.05, 0.1) is 22.2 Å². The van der Waals surface area contributed by atoms with Crippen LogP contribution in [0.2, 0.25) is 10.0 Å². The first-order chi connectivity index (χ1) is 11.4. The van der Waals surface area contributed by atoms with Crippen LogP contribution in [0.4, 0.5) is 10.1 Å². The average Bonchev–Trinajstić information content (AvgIpc) is 2.56. The van der Waals surface area contributed by atoms with Gasteiger partial charge in [-0.2, -0.15) is 0 Å². The van der Waals surface area contributed by atoms with Crippen LogP contribution in [0.1, 0.15) is 22.8 Å². The summed E-state index contributed by atoms with van der Waals surface area (Å²) in [4.78, 5) is 24.0. The van der Waals surface area contributed by atoms with E-state index in [-0.39, 0.29) is 22.2 Å². The molecular formula is C17H15Cl2FN2O2. The quantitative estimate of drug-likeness (QED) is 0.781. The fourth-order valence-electron chi connectivity index (χ4n) is 2.10. The van der Waals surface area contributed by atoms with Crippen molar-refractivity contribution in [3.05, 3.63) is 63.4 Å². The van der Waals surface area contributed by atoms with Crippen LogP contribution >= 0.6 is 23.2 Å². The number of benzene rings is 2. The summed E-state index contributed by atoms with van der Waals surface area (Å²) in [7, 11) is 0. The van der Waals surface area contributed by atoms with E-state index in [0.29, 0.717) is 5.69 Å². The Kier molecular flexibility index (Phi) is 6.17. The molecule has 0 saturated heterocycles. The van der Waals surface area contributed by atoms with Crippen LogP contribution in [0.5, 0.6) is 0 Å². The molecule has 0 radical (unpaired) electrons. The van der Waals surface area contributed by atoms with Crippen LogP contribution in [0.3, 0.4) is 0 Å². The molecule has 0 atom stereocenters. The molecule has 2 N–H and O–H groups in total. The monoisotopic (exact) mass is 368 g/mol. The molecule has 126 valence electrons. The van der Waals surface area contributed by atoms with E-state index < -0.39 is 17.6 Å². The summed E-state index contributed by atoms with van der Waals surface area (Å²) >= 11 is 11.5. The van der Waals surface area contributed by atoms with Gasteiger partial charge >= 0.3 is 0 Å². The first-order valence-corrected chi connectivity index (χ1v) is 7.98. The Labute approximate surface area is 149 Å². The number of rotatable bonds is 5. The maximum Gasteiger partial charge on any atom is 0.253 e. The van der Waals surface area contributed by atoms with Gasteiger partial charge in [0.15, 0.2) is 0 Å². The molecule has 0 aliphatic rings. The molecule has 0 aliphatic heterocycles. The van der Waals surface area contributed by atoms with Crippen molar-refractivity contribution in [2.24, 2.45) is 0 Å². The van der Waals surface area contributed by atoms with Crippen molar-refractivity contribution in [2.45, 2.75) is 13.3 Å². The summed E-state index contributed by atoms with van der Waals surface area (Å²) < 4.78 is 13.4. The third kappa shape index (κ3) is 4.46. The number of carbonyl (C=O) groups excluding carboxylic acids is 2. The lowest BCUT2D eigenvalue weighted by Gasteiger charge is -2.11. The van der Waals surface area contributed by atoms with Crippen molar-refractivity contribution in [3.8, 4) is 0 Å². The van der Waals surface area contributed by atoms with E-state index in [4.69, 9.17) is 23.2 Å². The highest BCUT2D eigenvalue weighted by atomic mass is 35.5. The smallest absolute Gasteiger partial charge is 0.253 e. The van der Waals surface area contributed by atoms with Gasteiger partial charge in [0.25, 0.3) is 5.91 Å². The Hall–Kier alpha value is -2.11. The number of anilines is 1. The molecule has 2 rings (SSSR count). The highest BCUT2D eigenvalue weighted by Gasteiger charge is 2.15. The highest BCUT2D eigenvalue weighted by Crippen LogP contribution is 2.24. The number of hydrogen-bond donors (Lipinski definition) is 2. The zero-order valence-corrected chi connectivity index (χ0v) is 14.3. The van der Waals surface area contributed by atoms with E-state index in [1.165, 1.54) is 0 Å². The Morgan fingerprint density at radius 1 is 1.12 bits per heavy atom. The lowest BCUT2D eigenvalue weighted by molar-refractivity contribution is -0.115. The molecule has 0 bridgehead atoms. The van der Waals surface area contributed by atoms with Crippen molar-refractivity contribution in [3.63, 3.8) is 0 Å². The molecule has 2 aromatic rings. The summed E-state index contributed by atoms with van der Waals surface area (Å²) in [6.07, 6.45) is 0.766. The molecule has 0 heterocycles. The Bertz CT molecular complexity index is 781. The standard InChI is InChI=1S/C17H15Cl2FN2O2/c1-2-10-5-3-4-6-15(10)22-16(23)9-21-17(24)11-7-14(20)13(19)8-12(11)18/h3-8H,2,9H2,1H3,(H,21,24)(H,22,23). The first kappa shape index (κ1) is 18.2. The van der Waals surface area contributed by atoms with Crippen molar-refractivity contribution in [2.75, 3.05) is 11.9 Å². The minimum Gasteiger partial charge on any atom is -0.343 e. The SMILES string of the molecule is CCc1ccccc1NC(=O)CNC(=O)c1cc(F)c(Cl)cc1Cl. The third-order valence-electron chi connectivity index (χ3n) is 3.34. The van der Waals surface area contributed by atoms with E-state index in [9.17, 15) is 14.0 Å². The van der Waals surface area contributed by atoms with E-state index in [1.807, 2.05) is 25.1 Å². The van der Waals surface area contributed by atoms with Gasteiger partial charge in [0.1, 0.15) is 5.82 Å². The summed E-state index contributed by atoms with van der Waals surface area (Å²) in [6, 6.07) is 9.46. The maximum absolute atomic E-state index is 13.4. The Morgan fingerprint density at radius 3 is 2.54 bits per heavy atom. The minimum atomic E-state index is -0.757. The van der Waals surface area contributed by atoms with Gasteiger partial charge in [-0.25, -0.2) is 4.39 Å². The number of para-hydroxylation sites is 1. The van der Waals surface area contributed by atoms with Crippen LogP contribution in [-0.4, -0.2) is 18.4 Å². The number of carbonyl (C=O) groups is 2. The second-order valence-corrected chi connectivity index (χ2v) is 5.80. The van der Waals surface area contributed by atoms with Crippen LogP contribution in [0.25, 0.3) is 0 Å². The molecule has 0 aliphatic carbocycles. The summed E-state index contributed by atoms with van der Waals surface area (Å²) in [5.41, 5.74) is 1.59. The van der Waals surface area contributed by atoms with Crippen molar-refractivity contribution >= 4 is 40.7 Å². The molecule has 2 amide bonds. The van der Waals surface area contributed by atoms with E-state index in [0.717, 1.165) is 24.1 Å². The second kappa shape index (κ2) is 8.13. The summed E-state index contributed by atoms with van der Waals surface area (Å²) in [5, 5.41) is 4.95. The topological polar surface area (TPSA) is 58.2 Å². The van der Waals surface area contributed by atoms with Gasteiger partial charge in [0.2, 0.25) is 5.91 Å². The maximum atomic E-state index is 13.4. The fraction of sp³-hybridized carbons (Fsp3) is 0.176. The normalized spacial score (nSPS) is 10.3. The predicted molar refractivity (Wildman–Crippen MR) is 93.2 cm³/mol. The second-order valence-electron chi connectivity index (χ2n) is 4.99. The van der Waals surface area contributed by atoms with Gasteiger partial charge < -0.3 is 10.6 Å². The Balaban J connectivity index is 1.99. The molecule has 0 aromatic heterocycles. The van der Waals surface area contributed by atoms with Crippen LogP contribution < -0.4 is 10.6 Å². The molecule has 2 aromatic carbocycles. The van der Waals surface area contributed by atoms with Gasteiger partial charge in [-0.3, -0.25) is 9.59 Å². The highest BCUT2D eigenvalue weighted by molar-refractivity contribution is 6.36. The molecule has 24 heavy (non-hydrogen) atoms. The summed E-state index contributed by atoms with van der Waals surface area (Å²) in [6.45, 7) is 1.71. The predicted octanol–water partition coefficient (Wildman–Crippen LogP) is 4.06. The van der Waals surface area contributed by atoms with E-state index in [2.05, 4.69) is 10.6 Å². The number of hydrogen-bond acceptors (Lipinski definition) is 2. The number of nitrogens with one attached hydrogen (secondary N) is 2. The zero-order valence-electron chi connectivity index (χ0n) is 12.8. The Morgan fingerprint density at radius 2 is 1.83 bits per heavy atom. The van der Waals surface area contributed by atoms with Crippen LogP contribution in [0.15, 0.2) is 36.4 Å². The third-order valence-corrected chi connectivity index (χ3v) is 3.94. The van der Waals surface area contributed by atoms with Gasteiger partial charge in [-0.15, -0.1) is 0 Å². The molecule has 0 fully saturated rings. The minimum absolute atomic E-state index is 0.00985. The van der Waals surface area contributed by atoms with Crippen LogP contribution in [0, 0.1) is 5.82 Å². The van der Waals surface area contributed by atoms with E-state index in [1.54, 1.807) is 6.07 Å². The molecule has 4 nitrogen and oxygen atoms in total. The number of halogens is 3. The van der Waals surface area contributed by atoms with E-state index >= 15 is 0 Å². The lowest BCUT2D eigenvalue weighted by Crippen LogP contribution is -2.33. The van der Waals surface area contributed by atoms with Crippen molar-refractivity contribution in [1.82, 2.24) is 5.32 Å². The van der Waals surface area contributed by atoms with Gasteiger partial charge in [-0.05, 0) is 30.2 Å². The molecular weight excluding hydrogens is 354 g/mol. The van der Waals surface area contributed by atoms with Crippen LogP contribution in [-0.2, 0) is 11.2 Å². The molecule has 0 saturated carbocycles. The summed E-state index contributed by atoms with van der Waals surface area (Å²) in [5.74, 6) is -1.81. The zero-order chi connectivity index (χ0) is 17.7. The van der Waals surface area contributed by atoms with Gasteiger partial charge in [-0.1, -0.05) is 48.3 Å². The fourth-order valence-corrected chi connectivity index (χ4v) is 2.57. The van der Waals surface area contributed by atoms with Crippen molar-refractivity contribution < 1.29 is 14.0 Å². The molecule has 0 spiro atoms.